The van der Waals surface area contributed by atoms with Crippen molar-refractivity contribution in [2.75, 3.05) is 14.2 Å². The summed E-state index contributed by atoms with van der Waals surface area (Å²) in [7, 11) is 4.51. The summed E-state index contributed by atoms with van der Waals surface area (Å²) >= 11 is 0. The van der Waals surface area contributed by atoms with Crippen LogP contribution in [0.15, 0.2) is 12.1 Å². The second-order valence-electron chi connectivity index (χ2n) is 3.94. The molecule has 100 valence electrons. The van der Waals surface area contributed by atoms with Crippen LogP contribution in [0.1, 0.15) is 20.8 Å². The Hall–Kier alpha value is -2.50. The molecular weight excluding hydrogens is 250 g/mol. The molecule has 0 fully saturated rings. The number of nitrogens with zero attached hydrogens (tertiary/aromatic N) is 1. The van der Waals surface area contributed by atoms with E-state index >= 15 is 0 Å². The summed E-state index contributed by atoms with van der Waals surface area (Å²) in [6.45, 7) is 0. The molecule has 0 aliphatic rings. The molecule has 0 saturated heterocycles. The lowest BCUT2D eigenvalue weighted by Crippen LogP contribution is -2.07. The molecule has 0 aliphatic carbocycles. The summed E-state index contributed by atoms with van der Waals surface area (Å²) in [6.07, 6.45) is 0.522. The molecule has 0 amide bonds. The van der Waals surface area contributed by atoms with Crippen molar-refractivity contribution in [3.63, 3.8) is 0 Å². The maximum atomic E-state index is 11.3. The van der Waals surface area contributed by atoms with Crippen LogP contribution < -0.4 is 9.47 Å². The van der Waals surface area contributed by atoms with Crippen LogP contribution in [0.3, 0.4) is 0 Å². The number of aromatic nitrogens is 1. The van der Waals surface area contributed by atoms with Crippen molar-refractivity contribution in [3.8, 4) is 11.5 Å². The lowest BCUT2D eigenvalue weighted by molar-refractivity contribution is 0.0684. The number of hydrogen-bond donors (Lipinski definition) is 1. The van der Waals surface area contributed by atoms with E-state index in [0.717, 1.165) is 0 Å². The molecule has 0 radical (unpaired) electrons. The maximum Gasteiger partial charge on any atom is 0.353 e. The van der Waals surface area contributed by atoms with Crippen molar-refractivity contribution >= 4 is 23.2 Å². The summed E-state index contributed by atoms with van der Waals surface area (Å²) in [5.41, 5.74) is 0.509. The zero-order chi connectivity index (χ0) is 14.2. The molecule has 19 heavy (non-hydrogen) atoms. The van der Waals surface area contributed by atoms with Gasteiger partial charge in [0.15, 0.2) is 6.29 Å². The van der Waals surface area contributed by atoms with Gasteiger partial charge in [0.1, 0.15) is 17.2 Å². The Kier molecular flexibility index (Phi) is 3.16. The molecule has 1 aromatic heterocycles. The van der Waals surface area contributed by atoms with Crippen molar-refractivity contribution in [2.45, 2.75) is 0 Å². The lowest BCUT2D eigenvalue weighted by atomic mass is 10.1. The Morgan fingerprint density at radius 2 is 1.84 bits per heavy atom. The highest BCUT2D eigenvalue weighted by Gasteiger charge is 2.25. The summed E-state index contributed by atoms with van der Waals surface area (Å²) in [5, 5.41) is 9.69. The highest BCUT2D eigenvalue weighted by Crippen LogP contribution is 2.37. The van der Waals surface area contributed by atoms with Gasteiger partial charge in [0, 0.05) is 7.05 Å². The van der Waals surface area contributed by atoms with E-state index in [0.29, 0.717) is 28.7 Å². The predicted molar refractivity (Wildman–Crippen MR) is 68.4 cm³/mol. The Labute approximate surface area is 109 Å². The Bertz CT molecular complexity index is 671. The van der Waals surface area contributed by atoms with E-state index in [2.05, 4.69) is 0 Å². The average Bonchev–Trinajstić information content (AvgIpc) is 2.71. The number of carbonyl (C=O) groups is 2. The van der Waals surface area contributed by atoms with Gasteiger partial charge in [-0.1, -0.05) is 0 Å². The molecule has 0 unspecified atom stereocenters. The van der Waals surface area contributed by atoms with Gasteiger partial charge >= 0.3 is 5.97 Å². The number of aromatic carboxylic acids is 1. The first-order valence-electron chi connectivity index (χ1n) is 5.48. The number of rotatable bonds is 4. The molecule has 0 bridgehead atoms. The lowest BCUT2D eigenvalue weighted by Gasteiger charge is -2.08. The van der Waals surface area contributed by atoms with Gasteiger partial charge in [-0.05, 0) is 12.1 Å². The van der Waals surface area contributed by atoms with Crippen molar-refractivity contribution in [3.05, 3.63) is 23.4 Å². The zero-order valence-electron chi connectivity index (χ0n) is 10.8. The SMILES string of the molecule is COc1ccc(OC)c2c1c(C=O)c(C(=O)O)n2C. The molecule has 6 nitrogen and oxygen atoms in total. The number of carboxylic acid groups (broad SMARTS) is 1. The minimum Gasteiger partial charge on any atom is -0.496 e. The van der Waals surface area contributed by atoms with E-state index in [1.165, 1.54) is 18.8 Å². The van der Waals surface area contributed by atoms with Gasteiger partial charge in [0.2, 0.25) is 0 Å². The largest absolute Gasteiger partial charge is 0.496 e. The van der Waals surface area contributed by atoms with Gasteiger partial charge in [-0.15, -0.1) is 0 Å². The van der Waals surface area contributed by atoms with Crippen molar-refractivity contribution < 1.29 is 24.2 Å². The molecule has 1 N–H and O–H groups in total. The van der Waals surface area contributed by atoms with Gasteiger partial charge in [0.25, 0.3) is 0 Å². The summed E-state index contributed by atoms with van der Waals surface area (Å²) in [6, 6.07) is 3.31. The summed E-state index contributed by atoms with van der Waals surface area (Å²) < 4.78 is 11.8. The van der Waals surface area contributed by atoms with Gasteiger partial charge in [-0.3, -0.25) is 4.79 Å². The van der Waals surface area contributed by atoms with Crippen LogP contribution in [0.5, 0.6) is 11.5 Å². The zero-order valence-corrected chi connectivity index (χ0v) is 10.8. The normalized spacial score (nSPS) is 10.5. The number of methoxy groups -OCH3 is 2. The molecule has 2 rings (SSSR count). The van der Waals surface area contributed by atoms with Gasteiger partial charge in [0.05, 0.1) is 30.7 Å². The fourth-order valence-electron chi connectivity index (χ4n) is 2.27. The predicted octanol–water partition coefficient (Wildman–Crippen LogP) is 1.71. The third-order valence-electron chi connectivity index (χ3n) is 3.06. The standard InChI is InChI=1S/C13H13NO5/c1-14-11(13(16)17)7(6-15)10-8(18-2)4-5-9(19-3)12(10)14/h4-6H,1-3H3,(H,16,17). The molecule has 0 atom stereocenters. The molecule has 1 aromatic carbocycles. The fourth-order valence-corrected chi connectivity index (χ4v) is 2.27. The monoisotopic (exact) mass is 263 g/mol. The minimum absolute atomic E-state index is 0.0840. The number of carboxylic acids is 1. The fraction of sp³-hybridized carbons (Fsp3) is 0.231. The van der Waals surface area contributed by atoms with Crippen LogP contribution in [0, 0.1) is 0 Å². The first-order valence-corrected chi connectivity index (χ1v) is 5.48. The van der Waals surface area contributed by atoms with Crippen molar-refractivity contribution in [1.29, 1.82) is 0 Å². The van der Waals surface area contributed by atoms with Crippen LogP contribution in [0.4, 0.5) is 0 Å². The Morgan fingerprint density at radius 3 is 2.32 bits per heavy atom. The number of ether oxygens (including phenoxy) is 2. The van der Waals surface area contributed by atoms with Gasteiger partial charge in [-0.25, -0.2) is 4.79 Å². The quantitative estimate of drug-likeness (QED) is 0.849. The number of aryl methyl sites for hydroxylation is 1. The highest BCUT2D eigenvalue weighted by atomic mass is 16.5. The number of carbonyl (C=O) groups excluding carboxylic acids is 1. The third kappa shape index (κ3) is 1.72. The average molecular weight is 263 g/mol. The smallest absolute Gasteiger partial charge is 0.353 e. The highest BCUT2D eigenvalue weighted by molar-refractivity contribution is 6.11. The number of aldehydes is 1. The van der Waals surface area contributed by atoms with Gasteiger partial charge < -0.3 is 19.1 Å². The second-order valence-corrected chi connectivity index (χ2v) is 3.94. The molecule has 2 aromatic rings. The second kappa shape index (κ2) is 4.64. The summed E-state index contributed by atoms with van der Waals surface area (Å²) in [5.74, 6) is -0.264. The first-order chi connectivity index (χ1) is 9.06. The topological polar surface area (TPSA) is 77.8 Å². The maximum absolute atomic E-state index is 11.3. The van der Waals surface area contributed by atoms with Crippen LogP contribution in [-0.4, -0.2) is 36.1 Å². The van der Waals surface area contributed by atoms with E-state index in [1.54, 1.807) is 19.2 Å². The summed E-state index contributed by atoms with van der Waals surface area (Å²) in [4.78, 5) is 22.6. The van der Waals surface area contributed by atoms with E-state index in [9.17, 15) is 14.7 Å². The molecule has 0 aliphatic heterocycles. The molecule has 0 saturated carbocycles. The molecule has 6 heteroatoms. The number of fused-ring (bicyclic) bond motifs is 1. The third-order valence-corrected chi connectivity index (χ3v) is 3.06. The Morgan fingerprint density at radius 1 is 1.26 bits per heavy atom. The minimum atomic E-state index is -1.18. The Balaban J connectivity index is 3.05. The van der Waals surface area contributed by atoms with Crippen LogP contribution in [0.2, 0.25) is 0 Å². The number of benzene rings is 1. The van der Waals surface area contributed by atoms with Crippen molar-refractivity contribution in [1.82, 2.24) is 4.57 Å². The van der Waals surface area contributed by atoms with Crippen molar-refractivity contribution in [2.24, 2.45) is 7.05 Å². The molecular formula is C13H13NO5. The first kappa shape index (κ1) is 12.9. The van der Waals surface area contributed by atoms with Crippen LogP contribution in [-0.2, 0) is 7.05 Å². The van der Waals surface area contributed by atoms with E-state index < -0.39 is 5.97 Å². The molecule has 0 spiro atoms. The van der Waals surface area contributed by atoms with E-state index in [-0.39, 0.29) is 11.3 Å². The number of hydrogen-bond acceptors (Lipinski definition) is 4. The van der Waals surface area contributed by atoms with E-state index in [4.69, 9.17) is 9.47 Å². The van der Waals surface area contributed by atoms with Crippen LogP contribution in [0.25, 0.3) is 10.9 Å². The molecule has 1 heterocycles. The van der Waals surface area contributed by atoms with Gasteiger partial charge in [-0.2, -0.15) is 0 Å². The van der Waals surface area contributed by atoms with Crippen LogP contribution >= 0.6 is 0 Å². The van der Waals surface area contributed by atoms with E-state index in [1.807, 2.05) is 0 Å².